The highest BCUT2D eigenvalue weighted by Gasteiger charge is 2.59. The molecule has 0 radical (unpaired) electrons. The van der Waals surface area contributed by atoms with Gasteiger partial charge in [0.1, 0.15) is 11.3 Å². The van der Waals surface area contributed by atoms with E-state index in [1.165, 1.54) is 18.2 Å². The molecule has 2 saturated heterocycles. The number of Topliss-reactive ketones (excluding diaryl/α,β-unsaturated/α-hetero) is 1. The molecule has 4 rings (SSSR count). The second kappa shape index (κ2) is 11.0. The van der Waals surface area contributed by atoms with Crippen LogP contribution in [-0.2, 0) is 37.4 Å². The van der Waals surface area contributed by atoms with Crippen LogP contribution < -0.4 is 16.4 Å². The van der Waals surface area contributed by atoms with Crippen molar-refractivity contribution in [2.24, 2.45) is 5.73 Å². The van der Waals surface area contributed by atoms with E-state index in [9.17, 15) is 18.0 Å². The van der Waals surface area contributed by atoms with Gasteiger partial charge in [-0.15, -0.1) is 0 Å². The Morgan fingerprint density at radius 3 is 2.38 bits per heavy atom. The predicted molar refractivity (Wildman–Crippen MR) is 141 cm³/mol. The molecule has 0 saturated carbocycles. The summed E-state index contributed by atoms with van der Waals surface area (Å²) in [7, 11) is -3.95. The lowest BCUT2D eigenvalue weighted by Crippen LogP contribution is -2.60. The summed E-state index contributed by atoms with van der Waals surface area (Å²) in [5, 5.41) is 4.69. The van der Waals surface area contributed by atoms with Crippen LogP contribution >= 0.6 is 0 Å². The molecule has 9 nitrogen and oxygen atoms in total. The quantitative estimate of drug-likeness (QED) is 0.419. The highest BCUT2D eigenvalue weighted by molar-refractivity contribution is 7.90. The minimum Gasteiger partial charge on any atom is -0.374 e. The maximum atomic E-state index is 13.8. The number of hydrogen-bond acceptors (Lipinski definition) is 7. The van der Waals surface area contributed by atoms with Crippen LogP contribution in [0.3, 0.4) is 0 Å². The lowest BCUT2D eigenvalue weighted by atomic mass is 9.83. The number of carbonyl (C=O) groups is 2. The summed E-state index contributed by atoms with van der Waals surface area (Å²) in [6.07, 6.45) is 0.619. The molecule has 37 heavy (non-hydrogen) atoms. The number of benzene rings is 2. The van der Waals surface area contributed by atoms with Crippen LogP contribution in [0.4, 0.5) is 0 Å². The number of rotatable bonds is 10. The van der Waals surface area contributed by atoms with Gasteiger partial charge in [0.25, 0.3) is 0 Å². The first-order valence-corrected chi connectivity index (χ1v) is 14.0. The first-order chi connectivity index (χ1) is 17.5. The van der Waals surface area contributed by atoms with Crippen LogP contribution in [0.2, 0.25) is 0 Å². The summed E-state index contributed by atoms with van der Waals surface area (Å²) in [4.78, 5) is 26.6. The highest BCUT2D eigenvalue weighted by Crippen LogP contribution is 2.41. The fourth-order valence-corrected chi connectivity index (χ4v) is 7.46. The Kier molecular flexibility index (Phi) is 8.15. The molecule has 0 spiro atoms. The van der Waals surface area contributed by atoms with E-state index in [-0.39, 0.29) is 26.2 Å². The number of nitrogens with two attached hydrogens (primary N) is 1. The molecule has 2 aliphatic heterocycles. The zero-order chi connectivity index (χ0) is 26.7. The maximum Gasteiger partial charge on any atom is 0.240 e. The van der Waals surface area contributed by atoms with Gasteiger partial charge < -0.3 is 21.1 Å². The Balaban J connectivity index is 1.58. The van der Waals surface area contributed by atoms with Crippen molar-refractivity contribution in [2.75, 3.05) is 26.2 Å². The van der Waals surface area contributed by atoms with Crippen molar-refractivity contribution in [3.05, 3.63) is 71.8 Å². The van der Waals surface area contributed by atoms with Gasteiger partial charge >= 0.3 is 0 Å². The number of nitrogens with zero attached hydrogens (tertiary/aromatic N) is 1. The smallest absolute Gasteiger partial charge is 0.240 e. The van der Waals surface area contributed by atoms with E-state index < -0.39 is 44.1 Å². The average molecular weight is 529 g/mol. The molecule has 0 aliphatic carbocycles. The van der Waals surface area contributed by atoms with Crippen molar-refractivity contribution in [3.63, 3.8) is 0 Å². The molecule has 0 aromatic heterocycles. The van der Waals surface area contributed by atoms with Gasteiger partial charge in [-0.3, -0.25) is 9.59 Å². The van der Waals surface area contributed by atoms with Crippen LogP contribution in [0.1, 0.15) is 31.4 Å². The van der Waals surface area contributed by atoms with E-state index in [2.05, 4.69) is 10.6 Å². The minimum absolute atomic E-state index is 0.132. The van der Waals surface area contributed by atoms with Gasteiger partial charge in [0, 0.05) is 19.6 Å². The molecule has 3 unspecified atom stereocenters. The normalized spacial score (nSPS) is 24.2. The largest absolute Gasteiger partial charge is 0.374 e. The fraction of sp³-hybridized carbons (Fsp3) is 0.481. The van der Waals surface area contributed by atoms with Crippen molar-refractivity contribution in [1.82, 2.24) is 14.9 Å². The van der Waals surface area contributed by atoms with Crippen molar-refractivity contribution >= 4 is 21.7 Å². The molecule has 10 heteroatoms. The number of fused-ring (bicyclic) bond motifs is 1. The zero-order valence-electron chi connectivity index (χ0n) is 21.4. The SMILES string of the molecule is CC(C)(N)C(=O)NC(COCc1ccccc1)C(=O)C1CC2(Cc3ccccc3)CNCCN2S1(=O)=O. The summed E-state index contributed by atoms with van der Waals surface area (Å²) in [5.41, 5.74) is 5.85. The molecular weight excluding hydrogens is 492 g/mol. The lowest BCUT2D eigenvalue weighted by Gasteiger charge is -2.41. The second-order valence-corrected chi connectivity index (χ2v) is 12.6. The first-order valence-electron chi connectivity index (χ1n) is 12.5. The number of ether oxygens (including phenoxy) is 1. The van der Waals surface area contributed by atoms with E-state index in [0.29, 0.717) is 19.5 Å². The molecule has 4 N–H and O–H groups in total. The number of hydrogen-bond donors (Lipinski definition) is 3. The lowest BCUT2D eigenvalue weighted by molar-refractivity contribution is -0.131. The maximum absolute atomic E-state index is 13.8. The minimum atomic E-state index is -3.95. The third-order valence-corrected chi connectivity index (χ3v) is 9.33. The zero-order valence-corrected chi connectivity index (χ0v) is 22.2. The molecule has 2 heterocycles. The summed E-state index contributed by atoms with van der Waals surface area (Å²) in [6, 6.07) is 17.9. The van der Waals surface area contributed by atoms with E-state index in [1.807, 2.05) is 60.7 Å². The Morgan fingerprint density at radius 2 is 1.76 bits per heavy atom. The van der Waals surface area contributed by atoms with E-state index in [0.717, 1.165) is 11.1 Å². The van der Waals surface area contributed by atoms with Crippen molar-refractivity contribution in [1.29, 1.82) is 0 Å². The monoisotopic (exact) mass is 528 g/mol. The fourth-order valence-electron chi connectivity index (χ4n) is 5.08. The molecule has 1 amide bonds. The number of carbonyl (C=O) groups excluding carboxylic acids is 2. The number of nitrogens with one attached hydrogen (secondary N) is 2. The summed E-state index contributed by atoms with van der Waals surface area (Å²) < 4.78 is 34.8. The van der Waals surface area contributed by atoms with Gasteiger partial charge in [0.2, 0.25) is 15.9 Å². The van der Waals surface area contributed by atoms with Crippen LogP contribution in [0.15, 0.2) is 60.7 Å². The summed E-state index contributed by atoms with van der Waals surface area (Å²) >= 11 is 0. The third kappa shape index (κ3) is 6.10. The second-order valence-electron chi connectivity index (χ2n) is 10.5. The first kappa shape index (κ1) is 27.4. The number of sulfonamides is 1. The molecule has 3 atom stereocenters. The standard InChI is InChI=1S/C27H36N4O5S/c1-26(2,28)25(33)30-22(18-36-17-21-11-7-4-8-12-21)24(32)23-16-27(15-20-9-5-3-6-10-20)19-29-13-14-31(27)37(23,34)35/h3-12,22-23,29H,13-19,28H2,1-2H3,(H,30,33). The van der Waals surface area contributed by atoms with E-state index in [4.69, 9.17) is 10.5 Å². The van der Waals surface area contributed by atoms with Crippen LogP contribution in [0.25, 0.3) is 0 Å². The van der Waals surface area contributed by atoms with Gasteiger partial charge in [-0.1, -0.05) is 60.7 Å². The summed E-state index contributed by atoms with van der Waals surface area (Å²) in [5.74, 6) is -1.13. The van der Waals surface area contributed by atoms with E-state index in [1.54, 1.807) is 0 Å². The Hall–Kier alpha value is -2.63. The van der Waals surface area contributed by atoms with Crippen molar-refractivity contribution in [3.8, 4) is 0 Å². The Labute approximate surface area is 218 Å². The van der Waals surface area contributed by atoms with Gasteiger partial charge in [0.15, 0.2) is 5.78 Å². The van der Waals surface area contributed by atoms with Crippen molar-refractivity contribution in [2.45, 2.75) is 55.7 Å². The van der Waals surface area contributed by atoms with Crippen LogP contribution in [-0.4, -0.2) is 73.0 Å². The summed E-state index contributed by atoms with van der Waals surface area (Å²) in [6.45, 7) is 4.37. The van der Waals surface area contributed by atoms with E-state index >= 15 is 0 Å². The molecule has 2 aromatic rings. The van der Waals surface area contributed by atoms with Gasteiger partial charge in [-0.25, -0.2) is 8.42 Å². The van der Waals surface area contributed by atoms with Crippen molar-refractivity contribution < 1.29 is 22.7 Å². The predicted octanol–water partition coefficient (Wildman–Crippen LogP) is 0.983. The van der Waals surface area contributed by atoms with Crippen LogP contribution in [0, 0.1) is 0 Å². The van der Waals surface area contributed by atoms with Crippen LogP contribution in [0.5, 0.6) is 0 Å². The molecule has 200 valence electrons. The molecule has 0 bridgehead atoms. The molecular formula is C27H36N4O5S. The highest BCUT2D eigenvalue weighted by atomic mass is 32.2. The van der Waals surface area contributed by atoms with Gasteiger partial charge in [-0.05, 0) is 37.8 Å². The average Bonchev–Trinajstić information content (AvgIpc) is 3.10. The Morgan fingerprint density at radius 1 is 1.14 bits per heavy atom. The third-order valence-electron chi connectivity index (χ3n) is 7.03. The number of ketones is 1. The molecule has 2 aliphatic rings. The topological polar surface area (TPSA) is 131 Å². The van der Waals surface area contributed by atoms with Gasteiger partial charge in [-0.2, -0.15) is 4.31 Å². The number of piperazine rings is 1. The molecule has 2 fully saturated rings. The molecule has 2 aromatic carbocycles. The van der Waals surface area contributed by atoms with Gasteiger partial charge in [0.05, 0.1) is 24.3 Å². The number of amides is 1. The Bertz CT molecular complexity index is 1200.